The third-order valence-electron chi connectivity index (χ3n) is 3.54. The number of anilines is 2. The number of nitrogen functional groups attached to an aromatic ring is 1. The molecule has 0 radical (unpaired) electrons. The van der Waals surface area contributed by atoms with Crippen molar-refractivity contribution in [3.05, 3.63) is 10.8 Å². The highest BCUT2D eigenvalue weighted by atomic mass is 79.9. The van der Waals surface area contributed by atoms with Crippen LogP contribution in [0.5, 0.6) is 0 Å². The Labute approximate surface area is 104 Å². The molecule has 0 spiro atoms. The Balaban J connectivity index is 2.03. The van der Waals surface area contributed by atoms with Gasteiger partial charge in [-0.1, -0.05) is 13.8 Å². The zero-order valence-corrected chi connectivity index (χ0v) is 11.2. The lowest BCUT2D eigenvalue weighted by Gasteiger charge is -2.20. The number of hydrogen-bond acceptors (Lipinski definition) is 4. The highest BCUT2D eigenvalue weighted by Gasteiger charge is 2.45. The lowest BCUT2D eigenvalue weighted by atomic mass is 9.92. The van der Waals surface area contributed by atoms with E-state index in [0.29, 0.717) is 17.2 Å². The van der Waals surface area contributed by atoms with Crippen molar-refractivity contribution in [3.63, 3.8) is 0 Å². The van der Waals surface area contributed by atoms with Crippen molar-refractivity contribution in [3.8, 4) is 0 Å². The van der Waals surface area contributed by atoms with Crippen molar-refractivity contribution in [1.82, 2.24) is 9.97 Å². The quantitative estimate of drug-likeness (QED) is 0.892. The second kappa shape index (κ2) is 4.20. The van der Waals surface area contributed by atoms with Crippen molar-refractivity contribution in [2.75, 3.05) is 17.6 Å². The molecule has 4 nitrogen and oxygen atoms in total. The predicted molar refractivity (Wildman–Crippen MR) is 69.1 cm³/mol. The maximum absolute atomic E-state index is 5.70. The number of nitrogens with zero attached hydrogens (tertiary/aromatic N) is 2. The summed E-state index contributed by atoms with van der Waals surface area (Å²) in [6, 6.07) is 0. The van der Waals surface area contributed by atoms with Crippen molar-refractivity contribution < 1.29 is 0 Å². The second-order valence-corrected chi connectivity index (χ2v) is 5.59. The van der Waals surface area contributed by atoms with E-state index in [2.05, 4.69) is 45.1 Å². The Morgan fingerprint density at radius 2 is 2.19 bits per heavy atom. The van der Waals surface area contributed by atoms with Gasteiger partial charge in [-0.05, 0) is 40.1 Å². The van der Waals surface area contributed by atoms with E-state index < -0.39 is 0 Å². The molecule has 1 aromatic rings. The standard InChI is InChI=1S/C11H17BrN4/c1-7(2)11(3-4-11)5-14-10-8(12)9(13)15-6-16-10/h6-7H,3-5H2,1-2H3,(H3,13,14,15,16). The van der Waals surface area contributed by atoms with Gasteiger partial charge >= 0.3 is 0 Å². The monoisotopic (exact) mass is 284 g/mol. The minimum absolute atomic E-state index is 0.457. The van der Waals surface area contributed by atoms with Crippen LogP contribution in [-0.2, 0) is 0 Å². The van der Waals surface area contributed by atoms with E-state index in [9.17, 15) is 0 Å². The summed E-state index contributed by atoms with van der Waals surface area (Å²) in [5.74, 6) is 1.98. The molecule has 0 unspecified atom stereocenters. The average molecular weight is 285 g/mol. The summed E-state index contributed by atoms with van der Waals surface area (Å²) in [5.41, 5.74) is 6.15. The third-order valence-corrected chi connectivity index (χ3v) is 4.32. The first-order valence-corrected chi connectivity index (χ1v) is 6.34. The summed E-state index contributed by atoms with van der Waals surface area (Å²) in [6.07, 6.45) is 4.09. The molecule has 0 saturated heterocycles. The Kier molecular flexibility index (Phi) is 3.06. The topological polar surface area (TPSA) is 63.8 Å². The van der Waals surface area contributed by atoms with Crippen LogP contribution in [0.3, 0.4) is 0 Å². The van der Waals surface area contributed by atoms with Crippen molar-refractivity contribution in [1.29, 1.82) is 0 Å². The van der Waals surface area contributed by atoms with Crippen molar-refractivity contribution >= 4 is 27.6 Å². The van der Waals surface area contributed by atoms with Crippen LogP contribution in [0.15, 0.2) is 10.8 Å². The van der Waals surface area contributed by atoms with E-state index in [-0.39, 0.29) is 0 Å². The van der Waals surface area contributed by atoms with Gasteiger partial charge in [0.15, 0.2) is 0 Å². The molecule has 1 aliphatic carbocycles. The zero-order chi connectivity index (χ0) is 11.8. The smallest absolute Gasteiger partial charge is 0.145 e. The van der Waals surface area contributed by atoms with Crippen molar-refractivity contribution in [2.24, 2.45) is 11.3 Å². The molecule has 16 heavy (non-hydrogen) atoms. The first kappa shape index (κ1) is 11.6. The maximum atomic E-state index is 5.70. The first-order valence-electron chi connectivity index (χ1n) is 5.55. The third kappa shape index (κ3) is 2.14. The molecule has 0 bridgehead atoms. The normalized spacial score (nSPS) is 17.5. The Bertz CT molecular complexity index is 388. The summed E-state index contributed by atoms with van der Waals surface area (Å²) in [7, 11) is 0. The number of rotatable bonds is 4. The zero-order valence-electron chi connectivity index (χ0n) is 9.63. The molecule has 2 rings (SSSR count). The van der Waals surface area contributed by atoms with Gasteiger partial charge in [-0.3, -0.25) is 0 Å². The molecule has 1 aromatic heterocycles. The highest BCUT2D eigenvalue weighted by Crippen LogP contribution is 2.51. The molecular formula is C11H17BrN4. The van der Waals surface area contributed by atoms with Crippen LogP contribution in [0.2, 0.25) is 0 Å². The van der Waals surface area contributed by atoms with E-state index in [1.165, 1.54) is 19.2 Å². The fourth-order valence-electron chi connectivity index (χ4n) is 1.89. The average Bonchev–Trinajstić information content (AvgIpc) is 3.01. The molecule has 1 fully saturated rings. The summed E-state index contributed by atoms with van der Waals surface area (Å²) >= 11 is 3.39. The summed E-state index contributed by atoms with van der Waals surface area (Å²) in [5, 5.41) is 3.36. The number of nitrogens with one attached hydrogen (secondary N) is 1. The Morgan fingerprint density at radius 3 is 2.75 bits per heavy atom. The maximum Gasteiger partial charge on any atom is 0.145 e. The number of aromatic nitrogens is 2. The molecular weight excluding hydrogens is 268 g/mol. The fourth-order valence-corrected chi connectivity index (χ4v) is 2.23. The molecule has 88 valence electrons. The van der Waals surface area contributed by atoms with Crippen LogP contribution in [0.25, 0.3) is 0 Å². The van der Waals surface area contributed by atoms with Gasteiger partial charge < -0.3 is 11.1 Å². The summed E-state index contributed by atoms with van der Waals surface area (Å²) in [4.78, 5) is 8.09. The van der Waals surface area contributed by atoms with E-state index in [4.69, 9.17) is 5.73 Å². The minimum atomic E-state index is 0.457. The number of halogens is 1. The summed E-state index contributed by atoms with van der Waals surface area (Å²) < 4.78 is 0.759. The molecule has 3 N–H and O–H groups in total. The van der Waals surface area contributed by atoms with Gasteiger partial charge in [0.25, 0.3) is 0 Å². The predicted octanol–water partition coefficient (Wildman–Crippen LogP) is 2.67. The van der Waals surface area contributed by atoms with Crippen LogP contribution in [0.4, 0.5) is 11.6 Å². The Morgan fingerprint density at radius 1 is 1.50 bits per heavy atom. The molecule has 0 aliphatic heterocycles. The fraction of sp³-hybridized carbons (Fsp3) is 0.636. The first-order chi connectivity index (χ1) is 7.55. The lowest BCUT2D eigenvalue weighted by molar-refractivity contribution is 0.380. The number of nitrogens with two attached hydrogens (primary N) is 1. The molecule has 0 atom stereocenters. The van der Waals surface area contributed by atoms with E-state index >= 15 is 0 Å². The molecule has 0 aromatic carbocycles. The highest BCUT2D eigenvalue weighted by molar-refractivity contribution is 9.10. The largest absolute Gasteiger partial charge is 0.383 e. The van der Waals surface area contributed by atoms with Gasteiger partial charge in [-0.2, -0.15) is 0 Å². The lowest BCUT2D eigenvalue weighted by Crippen LogP contribution is -2.21. The van der Waals surface area contributed by atoms with Crippen LogP contribution < -0.4 is 11.1 Å². The van der Waals surface area contributed by atoms with Gasteiger partial charge in [-0.15, -0.1) is 0 Å². The van der Waals surface area contributed by atoms with Gasteiger partial charge in [0.1, 0.15) is 22.4 Å². The van der Waals surface area contributed by atoms with Crippen LogP contribution >= 0.6 is 15.9 Å². The number of hydrogen-bond donors (Lipinski definition) is 2. The summed E-state index contributed by atoms with van der Waals surface area (Å²) in [6.45, 7) is 5.51. The molecule has 1 saturated carbocycles. The van der Waals surface area contributed by atoms with E-state index in [1.807, 2.05) is 0 Å². The van der Waals surface area contributed by atoms with Crippen molar-refractivity contribution in [2.45, 2.75) is 26.7 Å². The molecule has 1 heterocycles. The Hall–Kier alpha value is -0.840. The van der Waals surface area contributed by atoms with Crippen LogP contribution in [0, 0.1) is 11.3 Å². The van der Waals surface area contributed by atoms with Gasteiger partial charge in [0.05, 0.1) is 0 Å². The van der Waals surface area contributed by atoms with Crippen LogP contribution in [0.1, 0.15) is 26.7 Å². The van der Waals surface area contributed by atoms with Gasteiger partial charge in [-0.25, -0.2) is 9.97 Å². The molecule has 0 amide bonds. The van der Waals surface area contributed by atoms with Gasteiger partial charge in [0, 0.05) is 6.54 Å². The van der Waals surface area contributed by atoms with E-state index in [0.717, 1.165) is 16.8 Å². The van der Waals surface area contributed by atoms with Crippen LogP contribution in [-0.4, -0.2) is 16.5 Å². The second-order valence-electron chi connectivity index (χ2n) is 4.79. The molecule has 5 heteroatoms. The molecule has 1 aliphatic rings. The minimum Gasteiger partial charge on any atom is -0.383 e. The SMILES string of the molecule is CC(C)C1(CNc2ncnc(N)c2Br)CC1. The van der Waals surface area contributed by atoms with Gasteiger partial charge in [0.2, 0.25) is 0 Å². The van der Waals surface area contributed by atoms with E-state index in [1.54, 1.807) is 0 Å².